The average molecular weight is 449 g/mol. The fourth-order valence-electron chi connectivity index (χ4n) is 3.15. The molecular weight excluding hydrogens is 423 g/mol. The zero-order valence-electron chi connectivity index (χ0n) is 16.8. The molecule has 6 heteroatoms. The maximum atomic E-state index is 13.6. The van der Waals surface area contributed by atoms with Gasteiger partial charge in [0.2, 0.25) is 0 Å². The van der Waals surface area contributed by atoms with E-state index < -0.39 is 5.60 Å². The third kappa shape index (κ3) is 4.45. The lowest BCUT2D eigenvalue weighted by molar-refractivity contribution is -0.223. The quantitative estimate of drug-likeness (QED) is 0.427. The Morgan fingerprint density at radius 1 is 1.25 bits per heavy atom. The molecule has 3 rings (SSSR count). The van der Waals surface area contributed by atoms with Gasteiger partial charge in [0, 0.05) is 18.1 Å². The number of aliphatic imine (C=N–C) groups is 1. The third-order valence-electron chi connectivity index (χ3n) is 5.11. The van der Waals surface area contributed by atoms with Crippen molar-refractivity contribution in [2.75, 3.05) is 26.8 Å². The van der Waals surface area contributed by atoms with Crippen molar-refractivity contribution in [3.05, 3.63) is 62.9 Å². The van der Waals surface area contributed by atoms with Crippen LogP contribution in [0.15, 0.2) is 39.8 Å². The molecule has 2 aromatic rings. The molecule has 0 saturated carbocycles. The summed E-state index contributed by atoms with van der Waals surface area (Å²) in [7, 11) is 2.00. The summed E-state index contributed by atoms with van der Waals surface area (Å²) in [5, 5.41) is 0. The van der Waals surface area contributed by atoms with Crippen LogP contribution in [0.2, 0.25) is 0 Å². The Labute approximate surface area is 174 Å². The summed E-state index contributed by atoms with van der Waals surface area (Å²) < 4.78 is 26.2. The summed E-state index contributed by atoms with van der Waals surface area (Å²) in [6.45, 7) is 8.40. The van der Waals surface area contributed by atoms with Gasteiger partial charge in [0.15, 0.2) is 0 Å². The molecule has 0 aliphatic carbocycles. The van der Waals surface area contributed by atoms with Gasteiger partial charge in [-0.1, -0.05) is 22.0 Å². The molecule has 0 amide bonds. The summed E-state index contributed by atoms with van der Waals surface area (Å²) in [5.41, 5.74) is 4.52. The minimum absolute atomic E-state index is 0.271. The SMILES string of the molecule is CCN(C)C=Nc1cc(C)c(C2(OCc3cc(F)ccc3Br)COC2)cc1C. The Hall–Kier alpha value is -1.76. The molecule has 2 aromatic carbocycles. The molecule has 0 radical (unpaired) electrons. The summed E-state index contributed by atoms with van der Waals surface area (Å²) in [4.78, 5) is 6.63. The van der Waals surface area contributed by atoms with Crippen LogP contribution in [0, 0.1) is 19.7 Å². The van der Waals surface area contributed by atoms with E-state index in [0.717, 1.165) is 39.0 Å². The van der Waals surface area contributed by atoms with E-state index in [-0.39, 0.29) is 5.82 Å². The van der Waals surface area contributed by atoms with Gasteiger partial charge in [-0.05, 0) is 67.3 Å². The molecule has 0 spiro atoms. The maximum Gasteiger partial charge on any atom is 0.140 e. The van der Waals surface area contributed by atoms with Crippen LogP contribution >= 0.6 is 15.9 Å². The Morgan fingerprint density at radius 3 is 2.64 bits per heavy atom. The van der Waals surface area contributed by atoms with E-state index >= 15 is 0 Å². The second-order valence-corrected chi connectivity index (χ2v) is 8.14. The maximum absolute atomic E-state index is 13.6. The van der Waals surface area contributed by atoms with Gasteiger partial charge in [0.05, 0.1) is 31.8 Å². The van der Waals surface area contributed by atoms with E-state index in [1.54, 1.807) is 6.07 Å². The second-order valence-electron chi connectivity index (χ2n) is 7.28. The predicted octanol–water partition coefficient (Wildman–Crippen LogP) is 5.26. The summed E-state index contributed by atoms with van der Waals surface area (Å²) in [5.74, 6) is -0.271. The first-order valence-corrected chi connectivity index (χ1v) is 10.2. The lowest BCUT2D eigenvalue weighted by Gasteiger charge is -2.42. The predicted molar refractivity (Wildman–Crippen MR) is 114 cm³/mol. The Bertz CT molecular complexity index is 881. The van der Waals surface area contributed by atoms with Crippen LogP contribution in [0.3, 0.4) is 0 Å². The molecule has 1 aliphatic rings. The highest BCUT2D eigenvalue weighted by Gasteiger charge is 2.43. The number of rotatable bonds is 7. The average Bonchev–Trinajstić information content (AvgIpc) is 2.64. The smallest absolute Gasteiger partial charge is 0.140 e. The summed E-state index contributed by atoms with van der Waals surface area (Å²) >= 11 is 3.47. The van der Waals surface area contributed by atoms with E-state index in [9.17, 15) is 4.39 Å². The van der Waals surface area contributed by atoms with Crippen LogP contribution < -0.4 is 0 Å². The lowest BCUT2D eigenvalue weighted by atomic mass is 9.86. The van der Waals surface area contributed by atoms with Crippen molar-refractivity contribution in [2.45, 2.75) is 33.0 Å². The van der Waals surface area contributed by atoms with Gasteiger partial charge in [-0.15, -0.1) is 0 Å². The van der Waals surface area contributed by atoms with Crippen LogP contribution in [0.1, 0.15) is 29.2 Å². The molecule has 28 heavy (non-hydrogen) atoms. The molecular formula is C22H26BrFN2O2. The van der Waals surface area contributed by atoms with Gasteiger partial charge in [0.1, 0.15) is 11.4 Å². The Kier molecular flexibility index (Phi) is 6.53. The number of halogens is 2. The van der Waals surface area contributed by atoms with Gasteiger partial charge in [-0.2, -0.15) is 0 Å². The van der Waals surface area contributed by atoms with Gasteiger partial charge in [-0.3, -0.25) is 0 Å². The first-order chi connectivity index (χ1) is 13.3. The minimum Gasteiger partial charge on any atom is -0.375 e. The largest absolute Gasteiger partial charge is 0.375 e. The van der Waals surface area contributed by atoms with Crippen LogP contribution in [0.25, 0.3) is 0 Å². The molecule has 0 aromatic heterocycles. The normalized spacial score (nSPS) is 15.6. The molecule has 0 atom stereocenters. The van der Waals surface area contributed by atoms with Crippen molar-refractivity contribution < 1.29 is 13.9 Å². The topological polar surface area (TPSA) is 34.1 Å². The van der Waals surface area contributed by atoms with E-state index in [1.165, 1.54) is 12.1 Å². The van der Waals surface area contributed by atoms with Crippen molar-refractivity contribution in [3.8, 4) is 0 Å². The first kappa shape index (κ1) is 21.0. The number of nitrogens with zero attached hydrogens (tertiary/aromatic N) is 2. The van der Waals surface area contributed by atoms with E-state index in [0.29, 0.717) is 19.8 Å². The van der Waals surface area contributed by atoms with Crippen LogP contribution in [0.4, 0.5) is 10.1 Å². The molecule has 1 fully saturated rings. The highest BCUT2D eigenvalue weighted by molar-refractivity contribution is 9.10. The highest BCUT2D eigenvalue weighted by atomic mass is 79.9. The Balaban J connectivity index is 1.84. The lowest BCUT2D eigenvalue weighted by Crippen LogP contribution is -2.49. The van der Waals surface area contributed by atoms with Crippen molar-refractivity contribution in [3.63, 3.8) is 0 Å². The number of aryl methyl sites for hydroxylation is 2. The second kappa shape index (κ2) is 8.72. The molecule has 0 unspecified atom stereocenters. The Morgan fingerprint density at radius 2 is 2.00 bits per heavy atom. The fourth-order valence-corrected chi connectivity index (χ4v) is 3.51. The van der Waals surface area contributed by atoms with Gasteiger partial charge >= 0.3 is 0 Å². The molecule has 1 aliphatic heterocycles. The minimum atomic E-state index is -0.511. The molecule has 4 nitrogen and oxygen atoms in total. The fraction of sp³-hybridized carbons (Fsp3) is 0.409. The number of ether oxygens (including phenoxy) is 2. The number of benzene rings is 2. The molecule has 1 saturated heterocycles. The molecule has 150 valence electrons. The third-order valence-corrected chi connectivity index (χ3v) is 5.88. The zero-order valence-corrected chi connectivity index (χ0v) is 18.3. The zero-order chi connectivity index (χ0) is 20.3. The van der Waals surface area contributed by atoms with E-state index in [2.05, 4.69) is 53.8 Å². The number of hydrogen-bond acceptors (Lipinski definition) is 3. The molecule has 0 N–H and O–H groups in total. The van der Waals surface area contributed by atoms with Crippen molar-refractivity contribution in [1.82, 2.24) is 4.90 Å². The molecule has 0 bridgehead atoms. The van der Waals surface area contributed by atoms with Gasteiger partial charge in [-0.25, -0.2) is 9.38 Å². The van der Waals surface area contributed by atoms with Crippen LogP contribution in [0.5, 0.6) is 0 Å². The van der Waals surface area contributed by atoms with E-state index in [1.807, 2.05) is 18.3 Å². The van der Waals surface area contributed by atoms with Crippen LogP contribution in [-0.4, -0.2) is 38.0 Å². The van der Waals surface area contributed by atoms with Crippen molar-refractivity contribution in [2.24, 2.45) is 4.99 Å². The van der Waals surface area contributed by atoms with Gasteiger partial charge in [0.25, 0.3) is 0 Å². The highest BCUT2D eigenvalue weighted by Crippen LogP contribution is 2.39. The monoisotopic (exact) mass is 448 g/mol. The molecule has 1 heterocycles. The first-order valence-electron chi connectivity index (χ1n) is 9.36. The summed E-state index contributed by atoms with van der Waals surface area (Å²) in [6.07, 6.45) is 1.85. The van der Waals surface area contributed by atoms with Crippen molar-refractivity contribution in [1.29, 1.82) is 0 Å². The standard InChI is InChI=1S/C22H26BrFN2O2/c1-5-26(4)14-25-21-9-15(2)19(8-16(21)3)22(12-27-13-22)28-11-17-10-18(24)6-7-20(17)23/h6-10,14H,5,11-13H2,1-4H3. The van der Waals surface area contributed by atoms with Crippen LogP contribution in [-0.2, 0) is 21.7 Å². The number of hydrogen-bond donors (Lipinski definition) is 0. The van der Waals surface area contributed by atoms with E-state index in [4.69, 9.17) is 9.47 Å². The summed E-state index contributed by atoms with van der Waals surface area (Å²) in [6, 6.07) is 8.85. The van der Waals surface area contributed by atoms with Gasteiger partial charge < -0.3 is 14.4 Å². The van der Waals surface area contributed by atoms with Crippen molar-refractivity contribution >= 4 is 28.0 Å².